The van der Waals surface area contributed by atoms with Crippen LogP contribution in [0.25, 0.3) is 0 Å². The highest BCUT2D eigenvalue weighted by atomic mass is 19.1. The Morgan fingerprint density at radius 3 is 2.78 bits per heavy atom. The van der Waals surface area contributed by atoms with Crippen molar-refractivity contribution in [1.29, 1.82) is 0 Å². The van der Waals surface area contributed by atoms with Crippen LogP contribution in [0.4, 0.5) is 4.39 Å². The van der Waals surface area contributed by atoms with E-state index in [0.717, 1.165) is 13.1 Å². The normalized spacial score (nSPS) is 25.2. The molecule has 0 amide bonds. The van der Waals surface area contributed by atoms with Gasteiger partial charge in [0.2, 0.25) is 0 Å². The largest absolute Gasteiger partial charge is 0.311 e. The van der Waals surface area contributed by atoms with Crippen molar-refractivity contribution in [2.45, 2.75) is 31.8 Å². The minimum Gasteiger partial charge on any atom is -0.311 e. The first-order valence-electron chi connectivity index (χ1n) is 6.93. The van der Waals surface area contributed by atoms with Crippen molar-refractivity contribution in [2.75, 3.05) is 26.3 Å². The molecular weight excluding hydrogens is 227 g/mol. The van der Waals surface area contributed by atoms with Gasteiger partial charge in [-0.1, -0.05) is 43.7 Å². The van der Waals surface area contributed by atoms with E-state index in [1.807, 2.05) is 6.07 Å². The first-order chi connectivity index (χ1) is 8.85. The molecule has 3 heteroatoms. The van der Waals surface area contributed by atoms with Gasteiger partial charge in [-0.25, -0.2) is 4.39 Å². The van der Waals surface area contributed by atoms with Crippen LogP contribution < -0.4 is 5.32 Å². The lowest BCUT2D eigenvalue weighted by molar-refractivity contribution is 0.118. The van der Waals surface area contributed by atoms with E-state index in [1.165, 1.54) is 18.4 Å². The zero-order chi connectivity index (χ0) is 12.8. The molecule has 2 atom stereocenters. The van der Waals surface area contributed by atoms with E-state index in [9.17, 15) is 4.39 Å². The lowest BCUT2D eigenvalue weighted by Crippen LogP contribution is -2.52. The lowest BCUT2D eigenvalue weighted by Gasteiger charge is -2.40. The molecule has 1 aromatic carbocycles. The summed E-state index contributed by atoms with van der Waals surface area (Å²) in [5.74, 6) is 0. The second-order valence-electron chi connectivity index (χ2n) is 5.00. The summed E-state index contributed by atoms with van der Waals surface area (Å²) >= 11 is 0. The van der Waals surface area contributed by atoms with Crippen LogP contribution in [0.5, 0.6) is 0 Å². The predicted molar refractivity (Wildman–Crippen MR) is 73.4 cm³/mol. The molecule has 0 aliphatic carbocycles. The number of piperazine rings is 1. The lowest BCUT2D eigenvalue weighted by atomic mass is 9.99. The fourth-order valence-corrected chi connectivity index (χ4v) is 2.78. The number of nitrogens with one attached hydrogen (secondary N) is 1. The molecule has 18 heavy (non-hydrogen) atoms. The SMILES string of the molecule is CCCC1CN(CCF)C(c2ccccc2)CN1. The first-order valence-corrected chi connectivity index (χ1v) is 6.93. The van der Waals surface area contributed by atoms with Gasteiger partial charge in [-0.05, 0) is 12.0 Å². The fourth-order valence-electron chi connectivity index (χ4n) is 2.78. The van der Waals surface area contributed by atoms with Crippen LogP contribution in [-0.4, -0.2) is 37.3 Å². The Morgan fingerprint density at radius 2 is 2.11 bits per heavy atom. The molecule has 1 saturated heterocycles. The third-order valence-corrected chi connectivity index (χ3v) is 3.69. The number of halogens is 1. The monoisotopic (exact) mass is 250 g/mol. The molecule has 0 radical (unpaired) electrons. The number of hydrogen-bond acceptors (Lipinski definition) is 2. The van der Waals surface area contributed by atoms with Crippen LogP contribution in [0.3, 0.4) is 0 Å². The maximum Gasteiger partial charge on any atom is 0.102 e. The standard InChI is InChI=1S/C15H23FN2/c1-2-6-14-12-18(10-9-16)15(11-17-14)13-7-4-3-5-8-13/h3-5,7-8,14-15,17H,2,6,9-12H2,1H3. The van der Waals surface area contributed by atoms with E-state index in [0.29, 0.717) is 18.6 Å². The van der Waals surface area contributed by atoms with Gasteiger partial charge in [0.1, 0.15) is 6.67 Å². The average Bonchev–Trinajstić information content (AvgIpc) is 2.41. The van der Waals surface area contributed by atoms with Gasteiger partial charge in [0.05, 0.1) is 0 Å². The van der Waals surface area contributed by atoms with Crippen molar-refractivity contribution in [3.8, 4) is 0 Å². The Bertz CT molecular complexity index is 342. The van der Waals surface area contributed by atoms with Crippen molar-refractivity contribution >= 4 is 0 Å². The maximum atomic E-state index is 12.7. The van der Waals surface area contributed by atoms with Gasteiger partial charge in [-0.3, -0.25) is 4.90 Å². The van der Waals surface area contributed by atoms with E-state index >= 15 is 0 Å². The molecule has 1 aliphatic heterocycles. The summed E-state index contributed by atoms with van der Waals surface area (Å²) in [5, 5.41) is 3.59. The molecular formula is C15H23FN2. The van der Waals surface area contributed by atoms with Gasteiger partial charge in [-0.15, -0.1) is 0 Å². The smallest absolute Gasteiger partial charge is 0.102 e. The minimum absolute atomic E-state index is 0.262. The molecule has 0 bridgehead atoms. The van der Waals surface area contributed by atoms with Gasteiger partial charge in [0, 0.05) is 31.7 Å². The van der Waals surface area contributed by atoms with Gasteiger partial charge in [0.25, 0.3) is 0 Å². The molecule has 1 aliphatic rings. The second-order valence-corrected chi connectivity index (χ2v) is 5.00. The number of benzene rings is 1. The second kappa shape index (κ2) is 6.86. The van der Waals surface area contributed by atoms with E-state index in [4.69, 9.17) is 0 Å². The van der Waals surface area contributed by atoms with Crippen molar-refractivity contribution in [3.05, 3.63) is 35.9 Å². The topological polar surface area (TPSA) is 15.3 Å². The average molecular weight is 250 g/mol. The van der Waals surface area contributed by atoms with E-state index in [2.05, 4.69) is 41.4 Å². The fraction of sp³-hybridized carbons (Fsp3) is 0.600. The summed E-state index contributed by atoms with van der Waals surface area (Å²) in [6.07, 6.45) is 2.35. The molecule has 100 valence electrons. The highest BCUT2D eigenvalue weighted by molar-refractivity contribution is 5.20. The summed E-state index contributed by atoms with van der Waals surface area (Å²) < 4.78 is 12.7. The Labute approximate surface area is 109 Å². The maximum absolute atomic E-state index is 12.7. The van der Waals surface area contributed by atoms with Gasteiger partial charge in [-0.2, -0.15) is 0 Å². The third kappa shape index (κ3) is 3.30. The third-order valence-electron chi connectivity index (χ3n) is 3.69. The Hall–Kier alpha value is -0.930. The summed E-state index contributed by atoms with van der Waals surface area (Å²) in [6.45, 7) is 4.36. The summed E-state index contributed by atoms with van der Waals surface area (Å²) in [5.41, 5.74) is 1.29. The summed E-state index contributed by atoms with van der Waals surface area (Å²) in [6, 6.07) is 11.2. The highest BCUT2D eigenvalue weighted by Gasteiger charge is 2.27. The Kier molecular flexibility index (Phi) is 5.14. The van der Waals surface area contributed by atoms with Gasteiger partial charge >= 0.3 is 0 Å². The quantitative estimate of drug-likeness (QED) is 0.864. The molecule has 2 unspecified atom stereocenters. The molecule has 1 N–H and O–H groups in total. The number of hydrogen-bond donors (Lipinski definition) is 1. The first kappa shape index (κ1) is 13.5. The number of nitrogens with zero attached hydrogens (tertiary/aromatic N) is 1. The van der Waals surface area contributed by atoms with Crippen LogP contribution in [0.1, 0.15) is 31.4 Å². The van der Waals surface area contributed by atoms with E-state index in [1.54, 1.807) is 0 Å². The van der Waals surface area contributed by atoms with Crippen LogP contribution in [0, 0.1) is 0 Å². The van der Waals surface area contributed by atoms with E-state index in [-0.39, 0.29) is 6.67 Å². The zero-order valence-electron chi connectivity index (χ0n) is 11.1. The van der Waals surface area contributed by atoms with Crippen LogP contribution in [0.15, 0.2) is 30.3 Å². The van der Waals surface area contributed by atoms with Crippen molar-refractivity contribution in [3.63, 3.8) is 0 Å². The molecule has 2 nitrogen and oxygen atoms in total. The number of alkyl halides is 1. The van der Waals surface area contributed by atoms with Gasteiger partial charge in [0.15, 0.2) is 0 Å². The molecule has 1 aromatic rings. The minimum atomic E-state index is -0.262. The highest BCUT2D eigenvalue weighted by Crippen LogP contribution is 2.24. The van der Waals surface area contributed by atoms with Crippen molar-refractivity contribution < 1.29 is 4.39 Å². The van der Waals surface area contributed by atoms with Crippen molar-refractivity contribution in [1.82, 2.24) is 10.2 Å². The number of rotatable bonds is 5. The van der Waals surface area contributed by atoms with Crippen LogP contribution in [0.2, 0.25) is 0 Å². The zero-order valence-corrected chi connectivity index (χ0v) is 11.1. The summed E-state index contributed by atoms with van der Waals surface area (Å²) in [4.78, 5) is 2.28. The summed E-state index contributed by atoms with van der Waals surface area (Å²) in [7, 11) is 0. The van der Waals surface area contributed by atoms with E-state index < -0.39 is 0 Å². The molecule has 2 rings (SSSR count). The van der Waals surface area contributed by atoms with Crippen LogP contribution >= 0.6 is 0 Å². The molecule has 0 saturated carbocycles. The Morgan fingerprint density at radius 1 is 1.33 bits per heavy atom. The molecule has 0 spiro atoms. The molecule has 1 heterocycles. The van der Waals surface area contributed by atoms with Crippen molar-refractivity contribution in [2.24, 2.45) is 0 Å². The van der Waals surface area contributed by atoms with Gasteiger partial charge < -0.3 is 5.32 Å². The van der Waals surface area contributed by atoms with Crippen LogP contribution in [-0.2, 0) is 0 Å². The Balaban J connectivity index is 2.05. The molecule has 1 fully saturated rings. The predicted octanol–water partition coefficient (Wildman–Crippen LogP) is 2.77. The molecule has 0 aromatic heterocycles.